The van der Waals surface area contributed by atoms with Gasteiger partial charge < -0.3 is 10.6 Å². The molecule has 7 nitrogen and oxygen atoms in total. The Labute approximate surface area is 152 Å². The van der Waals surface area contributed by atoms with Crippen molar-refractivity contribution >= 4 is 11.7 Å². The van der Waals surface area contributed by atoms with Gasteiger partial charge in [-0.05, 0) is 43.9 Å². The molecular weight excluding hydrogens is 330 g/mol. The summed E-state index contributed by atoms with van der Waals surface area (Å²) in [5.41, 5.74) is 1.94. The maximum atomic E-state index is 12.1. The molecular formula is C19H23N5O2. The lowest BCUT2D eigenvalue weighted by atomic mass is 9.93. The number of nitrogens with one attached hydrogen (secondary N) is 2. The number of allylic oxidation sites excluding steroid dienone is 1. The van der Waals surface area contributed by atoms with Gasteiger partial charge in [0.05, 0.1) is 5.69 Å². The Bertz CT molecular complexity index is 853. The van der Waals surface area contributed by atoms with Crippen LogP contribution < -0.4 is 16.2 Å². The van der Waals surface area contributed by atoms with Crippen molar-refractivity contribution in [3.63, 3.8) is 0 Å². The van der Waals surface area contributed by atoms with E-state index in [2.05, 4.69) is 27.3 Å². The first-order valence-electron chi connectivity index (χ1n) is 8.84. The normalized spacial score (nSPS) is 13.7. The Morgan fingerprint density at radius 3 is 2.73 bits per heavy atom. The third-order valence-corrected chi connectivity index (χ3v) is 4.42. The van der Waals surface area contributed by atoms with Crippen LogP contribution in [0, 0.1) is 0 Å². The van der Waals surface area contributed by atoms with Crippen LogP contribution >= 0.6 is 0 Å². The van der Waals surface area contributed by atoms with Crippen LogP contribution in [0.25, 0.3) is 11.3 Å². The summed E-state index contributed by atoms with van der Waals surface area (Å²) in [7, 11) is 0. The van der Waals surface area contributed by atoms with Crippen molar-refractivity contribution in [3.05, 3.63) is 53.1 Å². The van der Waals surface area contributed by atoms with Crippen LogP contribution in [0.5, 0.6) is 0 Å². The highest BCUT2D eigenvalue weighted by atomic mass is 16.2. The summed E-state index contributed by atoms with van der Waals surface area (Å²) in [6.07, 6.45) is 5.65. The number of anilines is 1. The second-order valence-corrected chi connectivity index (χ2v) is 6.42. The van der Waals surface area contributed by atoms with Crippen LogP contribution in [0.1, 0.15) is 32.6 Å². The Hall–Kier alpha value is -2.96. The van der Waals surface area contributed by atoms with Gasteiger partial charge in [0.2, 0.25) is 5.91 Å². The molecule has 0 aliphatic heterocycles. The number of amides is 1. The third-order valence-electron chi connectivity index (χ3n) is 4.42. The van der Waals surface area contributed by atoms with E-state index in [0.717, 1.165) is 36.9 Å². The molecule has 26 heavy (non-hydrogen) atoms. The molecule has 2 aromatic rings. The van der Waals surface area contributed by atoms with Gasteiger partial charge in [-0.15, -0.1) is 0 Å². The zero-order chi connectivity index (χ0) is 18.5. The highest BCUT2D eigenvalue weighted by Crippen LogP contribution is 2.18. The second-order valence-electron chi connectivity index (χ2n) is 6.42. The molecule has 0 bridgehead atoms. The van der Waals surface area contributed by atoms with E-state index in [-0.39, 0.29) is 24.1 Å². The van der Waals surface area contributed by atoms with Crippen LogP contribution in [-0.2, 0) is 11.3 Å². The van der Waals surface area contributed by atoms with E-state index >= 15 is 0 Å². The quantitative estimate of drug-likeness (QED) is 0.797. The van der Waals surface area contributed by atoms with Crippen molar-refractivity contribution in [1.29, 1.82) is 0 Å². The van der Waals surface area contributed by atoms with Crippen molar-refractivity contribution in [1.82, 2.24) is 20.1 Å². The average molecular weight is 353 g/mol. The third kappa shape index (κ3) is 4.36. The van der Waals surface area contributed by atoms with Gasteiger partial charge >= 0.3 is 0 Å². The van der Waals surface area contributed by atoms with Crippen LogP contribution in [0.3, 0.4) is 0 Å². The van der Waals surface area contributed by atoms with Crippen molar-refractivity contribution in [2.75, 3.05) is 5.32 Å². The predicted octanol–water partition coefficient (Wildman–Crippen LogP) is 2.31. The largest absolute Gasteiger partial charge is 0.352 e. The number of nitrogens with zero attached hydrogens (tertiary/aromatic N) is 3. The van der Waals surface area contributed by atoms with Crippen molar-refractivity contribution < 1.29 is 4.79 Å². The SMILES string of the molecule is C=C(CC)Nc1ccc(-c2ccc(=O)n(CC(=O)NC3CCC3)n2)cn1. The van der Waals surface area contributed by atoms with E-state index < -0.39 is 0 Å². The first-order valence-corrected chi connectivity index (χ1v) is 8.84. The molecule has 2 heterocycles. The Kier molecular flexibility index (Phi) is 5.46. The average Bonchev–Trinajstić information content (AvgIpc) is 2.61. The summed E-state index contributed by atoms with van der Waals surface area (Å²) in [6, 6.07) is 6.99. The first kappa shape index (κ1) is 17.8. The molecule has 2 aromatic heterocycles. The predicted molar refractivity (Wildman–Crippen MR) is 101 cm³/mol. The molecule has 136 valence electrons. The highest BCUT2D eigenvalue weighted by molar-refractivity contribution is 5.76. The monoisotopic (exact) mass is 353 g/mol. The molecule has 0 unspecified atom stereocenters. The van der Waals surface area contributed by atoms with Gasteiger partial charge in [-0.3, -0.25) is 9.59 Å². The van der Waals surface area contributed by atoms with Gasteiger partial charge in [-0.25, -0.2) is 9.67 Å². The minimum Gasteiger partial charge on any atom is -0.352 e. The van der Waals surface area contributed by atoms with Gasteiger partial charge in [-0.1, -0.05) is 13.5 Å². The second kappa shape index (κ2) is 7.95. The maximum absolute atomic E-state index is 12.1. The molecule has 0 spiro atoms. The van der Waals surface area contributed by atoms with Crippen LogP contribution in [-0.4, -0.2) is 26.7 Å². The van der Waals surface area contributed by atoms with E-state index in [4.69, 9.17) is 0 Å². The topological polar surface area (TPSA) is 88.9 Å². The molecule has 0 radical (unpaired) electrons. The minimum absolute atomic E-state index is 0.0768. The van der Waals surface area contributed by atoms with Gasteiger partial charge in [-0.2, -0.15) is 5.10 Å². The molecule has 1 saturated carbocycles. The fraction of sp³-hybridized carbons (Fsp3) is 0.368. The number of aromatic nitrogens is 3. The Balaban J connectivity index is 1.72. The molecule has 1 aliphatic carbocycles. The highest BCUT2D eigenvalue weighted by Gasteiger charge is 2.19. The van der Waals surface area contributed by atoms with Gasteiger partial charge in [0.25, 0.3) is 5.56 Å². The molecule has 1 fully saturated rings. The summed E-state index contributed by atoms with van der Waals surface area (Å²) in [5, 5.41) is 10.3. The summed E-state index contributed by atoms with van der Waals surface area (Å²) in [5.74, 6) is 0.519. The lowest BCUT2D eigenvalue weighted by Crippen LogP contribution is -2.42. The summed E-state index contributed by atoms with van der Waals surface area (Å²) < 4.78 is 1.19. The molecule has 0 aromatic carbocycles. The van der Waals surface area contributed by atoms with E-state index in [9.17, 15) is 9.59 Å². The summed E-state index contributed by atoms with van der Waals surface area (Å²) >= 11 is 0. The number of hydrogen-bond donors (Lipinski definition) is 2. The number of rotatable bonds is 7. The lowest BCUT2D eigenvalue weighted by Gasteiger charge is -2.26. The minimum atomic E-state index is -0.303. The van der Waals surface area contributed by atoms with E-state index in [1.165, 1.54) is 10.7 Å². The number of carbonyl (C=O) groups is 1. The standard InChI is InChI=1S/C19H23N5O2/c1-3-13(2)21-17-9-7-14(11-20-17)16-8-10-19(26)24(23-16)12-18(25)22-15-5-4-6-15/h7-11,15H,2-6,12H2,1H3,(H,20,21)(H,22,25). The van der Waals surface area contributed by atoms with Crippen molar-refractivity contribution in [3.8, 4) is 11.3 Å². The smallest absolute Gasteiger partial charge is 0.267 e. The summed E-state index contributed by atoms with van der Waals surface area (Å²) in [4.78, 5) is 28.4. The fourth-order valence-electron chi connectivity index (χ4n) is 2.57. The molecule has 1 amide bonds. The van der Waals surface area contributed by atoms with Crippen LogP contribution in [0.4, 0.5) is 5.82 Å². The van der Waals surface area contributed by atoms with Crippen molar-refractivity contribution in [2.24, 2.45) is 0 Å². The Morgan fingerprint density at radius 2 is 2.12 bits per heavy atom. The molecule has 7 heteroatoms. The van der Waals surface area contributed by atoms with Gasteiger partial charge in [0.15, 0.2) is 0 Å². The van der Waals surface area contributed by atoms with Crippen molar-refractivity contribution in [2.45, 2.75) is 45.2 Å². The number of hydrogen-bond acceptors (Lipinski definition) is 5. The zero-order valence-corrected chi connectivity index (χ0v) is 14.9. The van der Waals surface area contributed by atoms with E-state index in [0.29, 0.717) is 11.5 Å². The van der Waals surface area contributed by atoms with E-state index in [1.807, 2.05) is 19.1 Å². The summed E-state index contributed by atoms with van der Waals surface area (Å²) in [6.45, 7) is 5.82. The molecule has 2 N–H and O–H groups in total. The number of carbonyl (C=O) groups excluding carboxylic acids is 1. The van der Waals surface area contributed by atoms with E-state index in [1.54, 1.807) is 12.3 Å². The Morgan fingerprint density at radius 1 is 1.31 bits per heavy atom. The first-order chi connectivity index (χ1) is 12.5. The molecule has 0 saturated heterocycles. The van der Waals surface area contributed by atoms with Gasteiger partial charge in [0.1, 0.15) is 12.4 Å². The zero-order valence-electron chi connectivity index (χ0n) is 14.9. The van der Waals surface area contributed by atoms with Crippen LogP contribution in [0.15, 0.2) is 47.5 Å². The number of pyridine rings is 1. The molecule has 3 rings (SSSR count). The fourth-order valence-corrected chi connectivity index (χ4v) is 2.57. The van der Waals surface area contributed by atoms with Crippen LogP contribution in [0.2, 0.25) is 0 Å². The molecule has 1 aliphatic rings. The lowest BCUT2D eigenvalue weighted by molar-refractivity contribution is -0.123. The maximum Gasteiger partial charge on any atom is 0.267 e. The molecule has 0 atom stereocenters. The van der Waals surface area contributed by atoms with Gasteiger partial charge in [0, 0.05) is 29.6 Å².